The van der Waals surface area contributed by atoms with Gasteiger partial charge in [-0.1, -0.05) is 31.4 Å². The molecule has 1 saturated carbocycles. The van der Waals surface area contributed by atoms with E-state index in [9.17, 15) is 9.59 Å². The third-order valence-electron chi connectivity index (χ3n) is 5.85. The Morgan fingerprint density at radius 2 is 2.00 bits per heavy atom. The quantitative estimate of drug-likeness (QED) is 0.834. The number of ketones is 1. The molecule has 1 amide bonds. The first kappa shape index (κ1) is 15.7. The molecule has 1 aliphatic carbocycles. The van der Waals surface area contributed by atoms with Crippen molar-refractivity contribution in [2.75, 3.05) is 13.1 Å². The first-order chi connectivity index (χ1) is 11.7. The normalized spacial score (nSPS) is 27.2. The van der Waals surface area contributed by atoms with Crippen molar-refractivity contribution in [3.05, 3.63) is 29.8 Å². The Hall–Kier alpha value is -1.84. The third kappa shape index (κ3) is 2.94. The fourth-order valence-corrected chi connectivity index (χ4v) is 4.50. The molecule has 2 aliphatic heterocycles. The number of amides is 1. The molecule has 0 bridgehead atoms. The van der Waals surface area contributed by atoms with Gasteiger partial charge in [0.2, 0.25) is 5.91 Å². The second-order valence-corrected chi connectivity index (χ2v) is 7.65. The van der Waals surface area contributed by atoms with E-state index in [1.807, 2.05) is 29.2 Å². The van der Waals surface area contributed by atoms with Gasteiger partial charge in [0.05, 0.1) is 18.5 Å². The molecule has 2 fully saturated rings. The lowest BCUT2D eigenvalue weighted by Gasteiger charge is -2.34. The average molecular weight is 327 g/mol. The van der Waals surface area contributed by atoms with Gasteiger partial charge >= 0.3 is 0 Å². The standard InChI is InChI=1S/C20H25NO3/c22-17-13-20(24-18-9-5-4-8-16(17)18)10-11-21(14-20)19(23)12-15-6-2-1-3-7-15/h4-5,8-9,15H,1-3,6-7,10-14H2. The number of nitrogens with zero attached hydrogens (tertiary/aromatic N) is 1. The topological polar surface area (TPSA) is 46.6 Å². The minimum absolute atomic E-state index is 0.137. The molecule has 2 heterocycles. The van der Waals surface area contributed by atoms with Crippen LogP contribution in [0.4, 0.5) is 0 Å². The lowest BCUT2D eigenvalue weighted by molar-refractivity contribution is -0.132. The molecule has 1 saturated heterocycles. The van der Waals surface area contributed by atoms with E-state index in [4.69, 9.17) is 4.74 Å². The van der Waals surface area contributed by atoms with E-state index in [1.165, 1.54) is 32.1 Å². The van der Waals surface area contributed by atoms with Crippen LogP contribution < -0.4 is 4.74 Å². The molecule has 4 nitrogen and oxygen atoms in total. The highest BCUT2D eigenvalue weighted by atomic mass is 16.5. The van der Waals surface area contributed by atoms with E-state index in [2.05, 4.69) is 0 Å². The second-order valence-electron chi connectivity index (χ2n) is 7.65. The Labute approximate surface area is 143 Å². The molecule has 0 N–H and O–H groups in total. The van der Waals surface area contributed by atoms with Gasteiger partial charge in [-0.05, 0) is 30.9 Å². The summed E-state index contributed by atoms with van der Waals surface area (Å²) < 4.78 is 6.21. The molecule has 4 rings (SSSR count). The van der Waals surface area contributed by atoms with Crippen LogP contribution in [-0.4, -0.2) is 35.3 Å². The molecular formula is C20H25NO3. The van der Waals surface area contributed by atoms with Gasteiger partial charge in [-0.25, -0.2) is 0 Å². The number of carbonyl (C=O) groups is 2. The smallest absolute Gasteiger partial charge is 0.222 e. The minimum atomic E-state index is -0.506. The number of hydrogen-bond donors (Lipinski definition) is 0. The predicted molar refractivity (Wildman–Crippen MR) is 91.1 cm³/mol. The maximum atomic E-state index is 12.7. The zero-order chi connectivity index (χ0) is 16.6. The summed E-state index contributed by atoms with van der Waals surface area (Å²) in [6.07, 6.45) is 8.01. The summed E-state index contributed by atoms with van der Waals surface area (Å²) in [5.41, 5.74) is 0.170. The Morgan fingerprint density at radius 3 is 2.83 bits per heavy atom. The molecule has 1 aromatic carbocycles. The number of rotatable bonds is 2. The summed E-state index contributed by atoms with van der Waals surface area (Å²) >= 11 is 0. The van der Waals surface area contributed by atoms with Crippen LogP contribution in [0.15, 0.2) is 24.3 Å². The van der Waals surface area contributed by atoms with Gasteiger partial charge < -0.3 is 9.64 Å². The molecule has 0 aromatic heterocycles. The van der Waals surface area contributed by atoms with Crippen LogP contribution >= 0.6 is 0 Å². The monoisotopic (exact) mass is 327 g/mol. The van der Waals surface area contributed by atoms with Crippen molar-refractivity contribution in [3.8, 4) is 5.75 Å². The Bertz CT molecular complexity index is 650. The molecule has 128 valence electrons. The Balaban J connectivity index is 1.42. The highest BCUT2D eigenvalue weighted by molar-refractivity contribution is 6.00. The van der Waals surface area contributed by atoms with Crippen molar-refractivity contribution < 1.29 is 14.3 Å². The van der Waals surface area contributed by atoms with Crippen molar-refractivity contribution in [1.82, 2.24) is 4.90 Å². The zero-order valence-corrected chi connectivity index (χ0v) is 14.1. The molecule has 0 radical (unpaired) electrons. The lowest BCUT2D eigenvalue weighted by Crippen LogP contribution is -2.45. The first-order valence-corrected chi connectivity index (χ1v) is 9.24. The van der Waals surface area contributed by atoms with Crippen LogP contribution in [0.5, 0.6) is 5.75 Å². The molecule has 3 aliphatic rings. The zero-order valence-electron chi connectivity index (χ0n) is 14.1. The van der Waals surface area contributed by atoms with Crippen molar-refractivity contribution in [2.45, 2.75) is 57.0 Å². The molecule has 1 spiro atoms. The van der Waals surface area contributed by atoms with E-state index in [1.54, 1.807) is 0 Å². The minimum Gasteiger partial charge on any atom is -0.484 e. The fraction of sp³-hybridized carbons (Fsp3) is 0.600. The van der Waals surface area contributed by atoms with E-state index >= 15 is 0 Å². The van der Waals surface area contributed by atoms with Gasteiger partial charge in [-0.2, -0.15) is 0 Å². The van der Waals surface area contributed by atoms with Crippen molar-refractivity contribution in [3.63, 3.8) is 0 Å². The van der Waals surface area contributed by atoms with Crippen LogP contribution in [-0.2, 0) is 4.79 Å². The summed E-state index contributed by atoms with van der Waals surface area (Å²) in [5.74, 6) is 1.61. The number of para-hydroxylation sites is 1. The molecular weight excluding hydrogens is 302 g/mol. The summed E-state index contributed by atoms with van der Waals surface area (Å²) in [7, 11) is 0. The Morgan fingerprint density at radius 1 is 1.21 bits per heavy atom. The number of ether oxygens (including phenoxy) is 1. The molecule has 1 unspecified atom stereocenters. The maximum Gasteiger partial charge on any atom is 0.222 e. The number of benzene rings is 1. The molecule has 24 heavy (non-hydrogen) atoms. The van der Waals surface area contributed by atoms with E-state index < -0.39 is 5.60 Å². The summed E-state index contributed by atoms with van der Waals surface area (Å²) in [5, 5.41) is 0. The number of carbonyl (C=O) groups excluding carboxylic acids is 2. The lowest BCUT2D eigenvalue weighted by atomic mass is 9.86. The van der Waals surface area contributed by atoms with Gasteiger partial charge in [-0.3, -0.25) is 9.59 Å². The number of likely N-dealkylation sites (tertiary alicyclic amines) is 1. The van der Waals surface area contributed by atoms with Crippen LogP contribution in [0.3, 0.4) is 0 Å². The first-order valence-electron chi connectivity index (χ1n) is 9.24. The van der Waals surface area contributed by atoms with Crippen LogP contribution in [0.2, 0.25) is 0 Å². The van der Waals surface area contributed by atoms with Gasteiger partial charge in [0.1, 0.15) is 11.4 Å². The summed E-state index contributed by atoms with van der Waals surface area (Å²) in [4.78, 5) is 27.0. The average Bonchev–Trinajstić information content (AvgIpc) is 2.99. The van der Waals surface area contributed by atoms with Gasteiger partial charge in [0.25, 0.3) is 0 Å². The summed E-state index contributed by atoms with van der Waals surface area (Å²) in [6, 6.07) is 7.45. The predicted octanol–water partition coefficient (Wildman–Crippen LogP) is 3.59. The van der Waals surface area contributed by atoms with Gasteiger partial charge in [-0.15, -0.1) is 0 Å². The van der Waals surface area contributed by atoms with Crippen LogP contribution in [0, 0.1) is 5.92 Å². The van der Waals surface area contributed by atoms with Gasteiger partial charge in [0.15, 0.2) is 5.78 Å². The largest absolute Gasteiger partial charge is 0.484 e. The Kier molecular flexibility index (Phi) is 4.07. The number of Topliss-reactive ketones (excluding diaryl/α,β-unsaturated/α-hetero) is 1. The molecule has 1 atom stereocenters. The maximum absolute atomic E-state index is 12.7. The van der Waals surface area contributed by atoms with Crippen LogP contribution in [0.1, 0.15) is 61.7 Å². The van der Waals surface area contributed by atoms with Gasteiger partial charge in [0, 0.05) is 19.4 Å². The second kappa shape index (κ2) is 6.23. The van der Waals surface area contributed by atoms with Crippen molar-refractivity contribution in [2.24, 2.45) is 5.92 Å². The fourth-order valence-electron chi connectivity index (χ4n) is 4.50. The highest BCUT2D eigenvalue weighted by Crippen LogP contribution is 2.39. The van der Waals surface area contributed by atoms with Crippen molar-refractivity contribution in [1.29, 1.82) is 0 Å². The van der Waals surface area contributed by atoms with Crippen LogP contribution in [0.25, 0.3) is 0 Å². The molecule has 1 aromatic rings. The van der Waals surface area contributed by atoms with E-state index in [0.717, 1.165) is 6.42 Å². The highest BCUT2D eigenvalue weighted by Gasteiger charge is 2.46. The molecule has 4 heteroatoms. The van der Waals surface area contributed by atoms with E-state index in [-0.39, 0.29) is 11.7 Å². The SMILES string of the molecule is O=C1CC2(CCN(C(=O)CC3CCCCC3)C2)Oc2ccccc21. The summed E-state index contributed by atoms with van der Waals surface area (Å²) in [6.45, 7) is 1.26. The van der Waals surface area contributed by atoms with E-state index in [0.29, 0.717) is 43.2 Å². The number of hydrogen-bond acceptors (Lipinski definition) is 3. The third-order valence-corrected chi connectivity index (χ3v) is 5.85. The van der Waals surface area contributed by atoms with Crippen molar-refractivity contribution >= 4 is 11.7 Å². The number of fused-ring (bicyclic) bond motifs is 1.